The molecule has 0 amide bonds. The lowest BCUT2D eigenvalue weighted by atomic mass is 10.0. The third-order valence-corrected chi connectivity index (χ3v) is 3.70. The lowest BCUT2D eigenvalue weighted by Crippen LogP contribution is -2.25. The Balaban J connectivity index is 1.77. The summed E-state index contributed by atoms with van der Waals surface area (Å²) in [5.41, 5.74) is 9.41. The first-order valence-corrected chi connectivity index (χ1v) is 7.04. The topological polar surface area (TPSA) is 43.8 Å². The van der Waals surface area contributed by atoms with Crippen molar-refractivity contribution >= 4 is 10.9 Å². The van der Waals surface area contributed by atoms with Crippen LogP contribution in [-0.4, -0.2) is 15.8 Å². The minimum absolute atomic E-state index is 0.0335. The number of para-hydroxylation sites is 1. The van der Waals surface area contributed by atoms with Gasteiger partial charge in [0.25, 0.3) is 0 Å². The van der Waals surface area contributed by atoms with Gasteiger partial charge in [-0.2, -0.15) is 5.10 Å². The first-order valence-electron chi connectivity index (χ1n) is 7.04. The fraction of sp³-hybridized carbons (Fsp3) is 0.235. The number of hydrogen-bond donors (Lipinski definition) is 1. The minimum Gasteiger partial charge on any atom is -0.327 e. The Morgan fingerprint density at radius 3 is 2.57 bits per heavy atom. The number of benzene rings is 2. The van der Waals surface area contributed by atoms with E-state index in [2.05, 4.69) is 17.2 Å². The summed E-state index contributed by atoms with van der Waals surface area (Å²) in [7, 11) is 1.94. The Morgan fingerprint density at radius 1 is 1.10 bits per heavy atom. The van der Waals surface area contributed by atoms with E-state index in [0.717, 1.165) is 22.2 Å². The maximum Gasteiger partial charge on any atom is 0.123 e. The van der Waals surface area contributed by atoms with E-state index in [0.29, 0.717) is 12.8 Å². The summed E-state index contributed by atoms with van der Waals surface area (Å²) in [6, 6.07) is 14.6. The molecule has 0 aliphatic carbocycles. The highest BCUT2D eigenvalue weighted by molar-refractivity contribution is 5.81. The van der Waals surface area contributed by atoms with Gasteiger partial charge in [0.2, 0.25) is 0 Å². The van der Waals surface area contributed by atoms with Crippen LogP contribution in [0.5, 0.6) is 0 Å². The van der Waals surface area contributed by atoms with Gasteiger partial charge in [0, 0.05) is 24.9 Å². The Hall–Kier alpha value is -2.20. The molecule has 0 radical (unpaired) electrons. The normalized spacial score (nSPS) is 12.7. The number of nitrogens with two attached hydrogens (primary N) is 1. The fourth-order valence-corrected chi connectivity index (χ4v) is 2.68. The van der Waals surface area contributed by atoms with Crippen LogP contribution in [0.4, 0.5) is 4.39 Å². The molecule has 0 spiro atoms. The van der Waals surface area contributed by atoms with E-state index in [1.807, 2.05) is 23.9 Å². The Kier molecular flexibility index (Phi) is 3.71. The quantitative estimate of drug-likeness (QED) is 0.800. The molecule has 0 saturated heterocycles. The smallest absolute Gasteiger partial charge is 0.123 e. The van der Waals surface area contributed by atoms with E-state index in [1.54, 1.807) is 12.1 Å². The van der Waals surface area contributed by atoms with Crippen molar-refractivity contribution in [2.45, 2.75) is 18.9 Å². The Morgan fingerprint density at radius 2 is 1.81 bits per heavy atom. The predicted molar refractivity (Wildman–Crippen MR) is 82.5 cm³/mol. The van der Waals surface area contributed by atoms with Crippen molar-refractivity contribution in [3.8, 4) is 0 Å². The first-order chi connectivity index (χ1) is 10.1. The van der Waals surface area contributed by atoms with Crippen LogP contribution in [-0.2, 0) is 19.9 Å². The van der Waals surface area contributed by atoms with Gasteiger partial charge in [0.05, 0.1) is 11.2 Å². The number of hydrogen-bond acceptors (Lipinski definition) is 2. The van der Waals surface area contributed by atoms with Crippen LogP contribution in [0.3, 0.4) is 0 Å². The molecule has 0 fully saturated rings. The molecular formula is C17H18FN3. The highest BCUT2D eigenvalue weighted by Crippen LogP contribution is 2.19. The van der Waals surface area contributed by atoms with Crippen molar-refractivity contribution in [3.63, 3.8) is 0 Å². The van der Waals surface area contributed by atoms with Crippen LogP contribution in [0.15, 0.2) is 48.5 Å². The van der Waals surface area contributed by atoms with Crippen molar-refractivity contribution in [2.75, 3.05) is 0 Å². The van der Waals surface area contributed by atoms with Gasteiger partial charge in [-0.25, -0.2) is 4.39 Å². The van der Waals surface area contributed by atoms with Gasteiger partial charge >= 0.3 is 0 Å². The van der Waals surface area contributed by atoms with Gasteiger partial charge < -0.3 is 5.73 Å². The number of rotatable bonds is 4. The maximum absolute atomic E-state index is 12.9. The van der Waals surface area contributed by atoms with Crippen LogP contribution in [0.1, 0.15) is 11.3 Å². The number of aromatic nitrogens is 2. The molecule has 0 saturated carbocycles. The third-order valence-electron chi connectivity index (χ3n) is 3.70. The van der Waals surface area contributed by atoms with Crippen molar-refractivity contribution in [1.82, 2.24) is 9.78 Å². The van der Waals surface area contributed by atoms with Gasteiger partial charge in [-0.3, -0.25) is 4.68 Å². The third kappa shape index (κ3) is 2.95. The second-order valence-electron chi connectivity index (χ2n) is 5.38. The predicted octanol–water partition coefficient (Wildman–Crippen LogP) is 2.82. The standard InChI is InChI=1S/C17H18FN3/c1-21-17-5-3-2-4-15(17)16(20-21)11-14(19)10-12-6-8-13(18)9-7-12/h2-9,14H,10-11,19H2,1H3. The molecule has 0 bridgehead atoms. The molecule has 1 unspecified atom stereocenters. The van der Waals surface area contributed by atoms with Crippen LogP contribution < -0.4 is 5.73 Å². The summed E-state index contributed by atoms with van der Waals surface area (Å²) in [6.45, 7) is 0. The zero-order chi connectivity index (χ0) is 14.8. The Bertz CT molecular complexity index is 746. The van der Waals surface area contributed by atoms with Gasteiger partial charge in [-0.1, -0.05) is 30.3 Å². The van der Waals surface area contributed by atoms with Crippen LogP contribution in [0, 0.1) is 5.82 Å². The van der Waals surface area contributed by atoms with E-state index in [1.165, 1.54) is 12.1 Å². The zero-order valence-corrected chi connectivity index (χ0v) is 12.0. The molecule has 1 heterocycles. The van der Waals surface area contributed by atoms with E-state index < -0.39 is 0 Å². The highest BCUT2D eigenvalue weighted by atomic mass is 19.1. The van der Waals surface area contributed by atoms with Gasteiger partial charge in [0.15, 0.2) is 0 Å². The zero-order valence-electron chi connectivity index (χ0n) is 12.0. The average Bonchev–Trinajstić information content (AvgIpc) is 2.78. The minimum atomic E-state index is -0.219. The Labute approximate surface area is 123 Å². The monoisotopic (exact) mass is 283 g/mol. The molecule has 1 aromatic heterocycles. The summed E-state index contributed by atoms with van der Waals surface area (Å²) >= 11 is 0. The SMILES string of the molecule is Cn1nc(CC(N)Cc2ccc(F)cc2)c2ccccc21. The van der Waals surface area contributed by atoms with Gasteiger partial charge in [0.1, 0.15) is 5.82 Å². The molecule has 2 N–H and O–H groups in total. The van der Waals surface area contributed by atoms with Crippen LogP contribution >= 0.6 is 0 Å². The second-order valence-corrected chi connectivity index (χ2v) is 5.38. The van der Waals surface area contributed by atoms with E-state index in [4.69, 9.17) is 5.73 Å². The first kappa shape index (κ1) is 13.8. The van der Waals surface area contributed by atoms with Crippen molar-refractivity contribution in [1.29, 1.82) is 0 Å². The number of aryl methyl sites for hydroxylation is 1. The summed E-state index contributed by atoms with van der Waals surface area (Å²) in [6.07, 6.45) is 1.42. The number of halogens is 1. The van der Waals surface area contributed by atoms with Crippen molar-refractivity contribution in [2.24, 2.45) is 12.8 Å². The molecular weight excluding hydrogens is 265 g/mol. The summed E-state index contributed by atoms with van der Waals surface area (Å²) in [5.74, 6) is -0.219. The lowest BCUT2D eigenvalue weighted by molar-refractivity contribution is 0.621. The largest absolute Gasteiger partial charge is 0.327 e. The van der Waals surface area contributed by atoms with Crippen molar-refractivity contribution in [3.05, 3.63) is 65.6 Å². The van der Waals surface area contributed by atoms with Crippen molar-refractivity contribution < 1.29 is 4.39 Å². The molecule has 108 valence electrons. The molecule has 2 aromatic carbocycles. The van der Waals surface area contributed by atoms with Gasteiger partial charge in [-0.05, 0) is 30.2 Å². The summed E-state index contributed by atoms with van der Waals surface area (Å²) < 4.78 is 14.8. The van der Waals surface area contributed by atoms with E-state index in [-0.39, 0.29) is 11.9 Å². The molecule has 0 aliphatic heterocycles. The second kappa shape index (κ2) is 5.66. The molecule has 4 heteroatoms. The maximum atomic E-state index is 12.9. The summed E-state index contributed by atoms with van der Waals surface area (Å²) in [4.78, 5) is 0. The van der Waals surface area contributed by atoms with E-state index >= 15 is 0 Å². The molecule has 21 heavy (non-hydrogen) atoms. The molecule has 3 nitrogen and oxygen atoms in total. The molecule has 1 atom stereocenters. The molecule has 0 aliphatic rings. The van der Waals surface area contributed by atoms with E-state index in [9.17, 15) is 4.39 Å². The molecule has 3 aromatic rings. The number of nitrogens with zero attached hydrogens (tertiary/aromatic N) is 2. The lowest BCUT2D eigenvalue weighted by Gasteiger charge is -2.10. The number of fused-ring (bicyclic) bond motifs is 1. The highest BCUT2D eigenvalue weighted by Gasteiger charge is 2.12. The molecule has 3 rings (SSSR count). The van der Waals surface area contributed by atoms with Gasteiger partial charge in [-0.15, -0.1) is 0 Å². The van der Waals surface area contributed by atoms with Crippen LogP contribution in [0.2, 0.25) is 0 Å². The average molecular weight is 283 g/mol. The van der Waals surface area contributed by atoms with Crippen LogP contribution in [0.25, 0.3) is 10.9 Å². The fourth-order valence-electron chi connectivity index (χ4n) is 2.68. The summed E-state index contributed by atoms with van der Waals surface area (Å²) in [5, 5.41) is 5.71.